The van der Waals surface area contributed by atoms with Crippen molar-refractivity contribution in [2.45, 2.75) is 13.3 Å². The van der Waals surface area contributed by atoms with Gasteiger partial charge in [0.1, 0.15) is 0 Å². The number of hydrogen-bond acceptors (Lipinski definition) is 3. The Hall–Kier alpha value is -1.000. The third kappa shape index (κ3) is 2.57. The Morgan fingerprint density at radius 3 is 2.81 bits per heavy atom. The fourth-order valence-electron chi connectivity index (χ4n) is 1.36. The minimum absolute atomic E-state index is 0.0795. The minimum atomic E-state index is 0.0795. The van der Waals surface area contributed by atoms with E-state index in [1.807, 2.05) is 18.2 Å². The number of halogens is 1. The highest BCUT2D eigenvalue weighted by Gasteiger charge is 2.07. The van der Waals surface area contributed by atoms with Crippen LogP contribution in [0.25, 0.3) is 0 Å². The molecular formula is C12H10BrNOS. The average Bonchev–Trinajstić information content (AvgIpc) is 2.70. The molecule has 0 amide bonds. The fourth-order valence-corrected chi connectivity index (χ4v) is 2.62. The summed E-state index contributed by atoms with van der Waals surface area (Å²) in [6.07, 6.45) is 2.42. The molecule has 1 heterocycles. The zero-order valence-corrected chi connectivity index (χ0v) is 11.1. The van der Waals surface area contributed by atoms with Crippen molar-refractivity contribution in [3.8, 4) is 0 Å². The van der Waals surface area contributed by atoms with Crippen LogP contribution in [0, 0.1) is 0 Å². The van der Waals surface area contributed by atoms with Gasteiger partial charge in [0, 0.05) is 24.0 Å². The second-order valence-electron chi connectivity index (χ2n) is 3.44. The van der Waals surface area contributed by atoms with Crippen LogP contribution in [0.1, 0.15) is 27.2 Å². The van der Waals surface area contributed by atoms with E-state index in [1.54, 1.807) is 13.1 Å². The Morgan fingerprint density at radius 2 is 2.19 bits per heavy atom. The molecule has 0 fully saturated rings. The summed E-state index contributed by atoms with van der Waals surface area (Å²) in [6, 6.07) is 8.05. The molecular weight excluding hydrogens is 286 g/mol. The van der Waals surface area contributed by atoms with Crippen LogP contribution in [0.15, 0.2) is 34.9 Å². The van der Waals surface area contributed by atoms with Crippen molar-refractivity contribution in [3.05, 3.63) is 50.4 Å². The molecule has 2 rings (SSSR count). The summed E-state index contributed by atoms with van der Waals surface area (Å²) in [7, 11) is 0. The quantitative estimate of drug-likeness (QED) is 0.808. The van der Waals surface area contributed by atoms with Gasteiger partial charge in [-0.15, -0.1) is 11.3 Å². The molecule has 0 saturated heterocycles. The van der Waals surface area contributed by atoms with Gasteiger partial charge in [0.25, 0.3) is 0 Å². The number of nitrogens with zero attached hydrogens (tertiary/aromatic N) is 1. The average molecular weight is 296 g/mol. The molecule has 0 N–H and O–H groups in total. The van der Waals surface area contributed by atoms with E-state index in [0.717, 1.165) is 20.8 Å². The predicted octanol–water partition coefficient (Wildman–Crippen LogP) is 3.70. The van der Waals surface area contributed by atoms with Crippen LogP contribution in [-0.4, -0.2) is 10.8 Å². The second kappa shape index (κ2) is 4.89. The van der Waals surface area contributed by atoms with E-state index in [9.17, 15) is 4.79 Å². The topological polar surface area (TPSA) is 30.0 Å². The largest absolute Gasteiger partial charge is 0.294 e. The molecule has 0 spiro atoms. The molecule has 1 aromatic heterocycles. The summed E-state index contributed by atoms with van der Waals surface area (Å²) in [5.41, 5.74) is 1.19. The number of aromatic nitrogens is 1. The van der Waals surface area contributed by atoms with Crippen LogP contribution < -0.4 is 0 Å². The van der Waals surface area contributed by atoms with Gasteiger partial charge >= 0.3 is 0 Å². The van der Waals surface area contributed by atoms with Gasteiger partial charge in [-0.25, -0.2) is 4.98 Å². The molecule has 0 saturated carbocycles. The molecule has 0 bridgehead atoms. The summed E-state index contributed by atoms with van der Waals surface area (Å²) in [6.45, 7) is 1.57. The van der Waals surface area contributed by atoms with Crippen molar-refractivity contribution < 1.29 is 4.79 Å². The highest BCUT2D eigenvalue weighted by molar-refractivity contribution is 9.10. The Labute approximate surface area is 106 Å². The summed E-state index contributed by atoms with van der Waals surface area (Å²) in [5.74, 6) is 0.0795. The molecule has 0 aliphatic carbocycles. The Morgan fingerprint density at radius 1 is 1.44 bits per heavy atom. The summed E-state index contributed by atoms with van der Waals surface area (Å²) >= 11 is 4.96. The molecule has 0 radical (unpaired) electrons. The van der Waals surface area contributed by atoms with Gasteiger partial charge in [0.05, 0.1) is 9.88 Å². The Bertz CT molecular complexity index is 521. The number of carbonyl (C=O) groups is 1. The van der Waals surface area contributed by atoms with Crippen LogP contribution >= 0.6 is 27.3 Å². The maximum atomic E-state index is 11.1. The lowest BCUT2D eigenvalue weighted by Gasteiger charge is -2.00. The van der Waals surface area contributed by atoms with Gasteiger partial charge in [-0.05, 0) is 11.6 Å². The number of benzene rings is 1. The van der Waals surface area contributed by atoms with E-state index in [-0.39, 0.29) is 5.78 Å². The first-order valence-electron chi connectivity index (χ1n) is 4.86. The van der Waals surface area contributed by atoms with E-state index in [2.05, 4.69) is 27.0 Å². The van der Waals surface area contributed by atoms with Crippen LogP contribution in [0.4, 0.5) is 0 Å². The lowest BCUT2D eigenvalue weighted by Crippen LogP contribution is -1.87. The lowest BCUT2D eigenvalue weighted by atomic mass is 10.2. The van der Waals surface area contributed by atoms with Gasteiger partial charge < -0.3 is 0 Å². The van der Waals surface area contributed by atoms with E-state index in [4.69, 9.17) is 0 Å². The van der Waals surface area contributed by atoms with Gasteiger partial charge in [-0.2, -0.15) is 0 Å². The predicted molar refractivity (Wildman–Crippen MR) is 69.1 cm³/mol. The van der Waals surface area contributed by atoms with Gasteiger partial charge in [-0.3, -0.25) is 4.79 Å². The first-order valence-corrected chi connectivity index (χ1v) is 6.47. The highest BCUT2D eigenvalue weighted by atomic mass is 79.9. The number of hydrogen-bond donors (Lipinski definition) is 0. The maximum absolute atomic E-state index is 11.1. The Balaban J connectivity index is 2.21. The Kier molecular flexibility index (Phi) is 3.51. The first-order chi connectivity index (χ1) is 7.66. The van der Waals surface area contributed by atoms with E-state index in [1.165, 1.54) is 16.9 Å². The number of carbonyl (C=O) groups excluding carboxylic acids is 1. The number of Topliss-reactive ketones (excluding diaryl/α,β-unsaturated/α-hetero) is 1. The maximum Gasteiger partial charge on any atom is 0.171 e. The zero-order chi connectivity index (χ0) is 11.5. The monoisotopic (exact) mass is 295 g/mol. The van der Waals surface area contributed by atoms with Crippen molar-refractivity contribution in [2.24, 2.45) is 0 Å². The van der Waals surface area contributed by atoms with E-state index < -0.39 is 0 Å². The SMILES string of the molecule is CC(=O)c1cnc(Cc2ccccc2Br)s1. The third-order valence-electron chi connectivity index (χ3n) is 2.20. The van der Waals surface area contributed by atoms with Gasteiger partial charge in [0.15, 0.2) is 5.78 Å². The van der Waals surface area contributed by atoms with Crippen molar-refractivity contribution in [3.63, 3.8) is 0 Å². The number of ketones is 1. The molecule has 4 heteroatoms. The summed E-state index contributed by atoms with van der Waals surface area (Å²) < 4.78 is 1.08. The molecule has 0 aliphatic heterocycles. The zero-order valence-electron chi connectivity index (χ0n) is 8.74. The molecule has 1 aromatic carbocycles. The standard InChI is InChI=1S/C12H10BrNOS/c1-8(15)11-7-14-12(16-11)6-9-4-2-3-5-10(9)13/h2-5,7H,6H2,1H3. The van der Waals surface area contributed by atoms with Gasteiger partial charge in [0.2, 0.25) is 0 Å². The molecule has 2 nitrogen and oxygen atoms in total. The third-order valence-corrected chi connectivity index (χ3v) is 4.07. The fraction of sp³-hybridized carbons (Fsp3) is 0.167. The number of thiazole rings is 1. The van der Waals surface area contributed by atoms with Crippen LogP contribution in [-0.2, 0) is 6.42 Å². The van der Waals surface area contributed by atoms with Crippen molar-refractivity contribution in [1.29, 1.82) is 0 Å². The first kappa shape index (κ1) is 11.5. The molecule has 82 valence electrons. The summed E-state index contributed by atoms with van der Waals surface area (Å²) in [4.78, 5) is 16.1. The van der Waals surface area contributed by atoms with E-state index >= 15 is 0 Å². The van der Waals surface area contributed by atoms with E-state index in [0.29, 0.717) is 0 Å². The van der Waals surface area contributed by atoms with Gasteiger partial charge in [-0.1, -0.05) is 34.1 Å². The molecule has 0 aliphatic rings. The van der Waals surface area contributed by atoms with Crippen molar-refractivity contribution in [2.75, 3.05) is 0 Å². The van der Waals surface area contributed by atoms with Crippen LogP contribution in [0.5, 0.6) is 0 Å². The smallest absolute Gasteiger partial charge is 0.171 e. The lowest BCUT2D eigenvalue weighted by molar-refractivity contribution is 0.102. The highest BCUT2D eigenvalue weighted by Crippen LogP contribution is 2.22. The molecule has 0 atom stereocenters. The van der Waals surface area contributed by atoms with Crippen LogP contribution in [0.2, 0.25) is 0 Å². The minimum Gasteiger partial charge on any atom is -0.294 e. The molecule has 2 aromatic rings. The van der Waals surface area contributed by atoms with Crippen LogP contribution in [0.3, 0.4) is 0 Å². The molecule has 16 heavy (non-hydrogen) atoms. The second-order valence-corrected chi connectivity index (χ2v) is 5.41. The van der Waals surface area contributed by atoms with Crippen molar-refractivity contribution in [1.82, 2.24) is 4.98 Å². The van der Waals surface area contributed by atoms with Crippen molar-refractivity contribution >= 4 is 33.0 Å². The number of rotatable bonds is 3. The molecule has 0 unspecified atom stereocenters. The summed E-state index contributed by atoms with van der Waals surface area (Å²) in [5, 5.41) is 0.970. The normalized spacial score (nSPS) is 10.4.